The third kappa shape index (κ3) is 3.56. The second-order valence-corrected chi connectivity index (χ2v) is 7.96. The molecule has 7 heteroatoms. The summed E-state index contributed by atoms with van der Waals surface area (Å²) in [5.41, 5.74) is 2.02. The number of halogens is 1. The van der Waals surface area contributed by atoms with Gasteiger partial charge in [-0.1, -0.05) is 12.1 Å². The molecule has 1 aromatic heterocycles. The number of anilines is 1. The van der Waals surface area contributed by atoms with Crippen LogP contribution in [0, 0.1) is 0 Å². The topological polar surface area (TPSA) is 59.1 Å². The molecule has 1 aliphatic carbocycles. The third-order valence-corrected chi connectivity index (χ3v) is 5.81. The fourth-order valence-electron chi connectivity index (χ4n) is 2.02. The molecule has 0 unspecified atom stereocenters. The van der Waals surface area contributed by atoms with E-state index >= 15 is 0 Å². The second-order valence-electron chi connectivity index (χ2n) is 5.04. The molecule has 21 heavy (non-hydrogen) atoms. The molecular weight excluding hydrogens is 328 g/mol. The molecule has 0 amide bonds. The molecule has 0 atom stereocenters. The number of benzene rings is 1. The van der Waals surface area contributed by atoms with Crippen LogP contribution in [0.2, 0.25) is 0 Å². The summed E-state index contributed by atoms with van der Waals surface area (Å²) in [6.07, 6.45) is 3.03. The number of nitrogens with one attached hydrogen (secondary N) is 1. The minimum absolute atomic E-state index is 0.240. The van der Waals surface area contributed by atoms with E-state index in [9.17, 15) is 8.42 Å². The lowest BCUT2D eigenvalue weighted by molar-refractivity contribution is 0.601. The highest BCUT2D eigenvalue weighted by atomic mass is 35.5. The molecular formula is C14H15ClN2O2S2. The van der Waals surface area contributed by atoms with Gasteiger partial charge in [0, 0.05) is 17.2 Å². The van der Waals surface area contributed by atoms with Gasteiger partial charge in [-0.15, -0.1) is 22.9 Å². The molecule has 1 saturated carbocycles. The van der Waals surface area contributed by atoms with Crippen LogP contribution in [0.1, 0.15) is 30.0 Å². The lowest BCUT2D eigenvalue weighted by Gasteiger charge is -2.06. The van der Waals surface area contributed by atoms with E-state index in [1.54, 1.807) is 24.3 Å². The third-order valence-electron chi connectivity index (χ3n) is 3.36. The van der Waals surface area contributed by atoms with Crippen molar-refractivity contribution in [3.05, 3.63) is 40.9 Å². The molecule has 0 radical (unpaired) electrons. The van der Waals surface area contributed by atoms with Crippen LogP contribution in [0.3, 0.4) is 0 Å². The molecule has 1 fully saturated rings. The van der Waals surface area contributed by atoms with Gasteiger partial charge in [-0.25, -0.2) is 13.4 Å². The zero-order chi connectivity index (χ0) is 14.9. The summed E-state index contributed by atoms with van der Waals surface area (Å²) in [4.78, 5) is 4.58. The van der Waals surface area contributed by atoms with Gasteiger partial charge in [0.25, 0.3) is 10.0 Å². The van der Waals surface area contributed by atoms with Gasteiger partial charge in [0.05, 0.1) is 10.6 Å². The smallest absolute Gasteiger partial charge is 0.255 e. The van der Waals surface area contributed by atoms with Crippen molar-refractivity contribution in [2.24, 2.45) is 0 Å². The first kappa shape index (κ1) is 14.8. The van der Waals surface area contributed by atoms with Crippen LogP contribution in [-0.4, -0.2) is 19.3 Å². The van der Waals surface area contributed by atoms with Crippen LogP contribution >= 0.6 is 22.9 Å². The van der Waals surface area contributed by atoms with E-state index < -0.39 is 10.0 Å². The average Bonchev–Trinajstić information content (AvgIpc) is 3.21. The molecule has 1 aromatic carbocycles. The fraction of sp³-hybridized carbons (Fsp3) is 0.357. The number of hydrogen-bond acceptors (Lipinski definition) is 4. The Morgan fingerprint density at radius 1 is 1.29 bits per heavy atom. The molecule has 112 valence electrons. The molecule has 3 rings (SSSR count). The number of rotatable bonds is 6. The molecule has 0 spiro atoms. The Morgan fingerprint density at radius 2 is 2.00 bits per heavy atom. The average molecular weight is 343 g/mol. The molecule has 0 bridgehead atoms. The van der Waals surface area contributed by atoms with Crippen molar-refractivity contribution >= 4 is 38.1 Å². The highest BCUT2D eigenvalue weighted by Crippen LogP contribution is 2.41. The van der Waals surface area contributed by atoms with E-state index in [0.29, 0.717) is 16.9 Å². The Kier molecular flexibility index (Phi) is 4.19. The molecule has 1 heterocycles. The van der Waals surface area contributed by atoms with Crippen LogP contribution in [0.4, 0.5) is 5.13 Å². The maximum absolute atomic E-state index is 12.3. The van der Waals surface area contributed by atoms with Crippen molar-refractivity contribution in [1.82, 2.24) is 4.98 Å². The standard InChI is InChI=1S/C14H15ClN2O2S2/c15-8-7-10-1-5-12(6-2-10)21(18,19)17-14-16-13(9-20-14)11-3-4-11/h1-2,5-6,9,11H,3-4,7-8H2,(H,16,17). The number of thiazole rings is 1. The van der Waals surface area contributed by atoms with Gasteiger partial charge in [-0.2, -0.15) is 0 Å². The summed E-state index contributed by atoms with van der Waals surface area (Å²) < 4.78 is 27.1. The van der Waals surface area contributed by atoms with E-state index in [2.05, 4.69) is 9.71 Å². The number of alkyl halides is 1. The Morgan fingerprint density at radius 3 is 2.62 bits per heavy atom. The summed E-state index contributed by atoms with van der Waals surface area (Å²) in [6, 6.07) is 6.77. The lowest BCUT2D eigenvalue weighted by atomic mass is 10.2. The van der Waals surface area contributed by atoms with Crippen LogP contribution < -0.4 is 4.72 Å². The molecule has 0 saturated heterocycles. The zero-order valence-electron chi connectivity index (χ0n) is 11.3. The van der Waals surface area contributed by atoms with Crippen LogP contribution in [0.25, 0.3) is 0 Å². The fourth-order valence-corrected chi connectivity index (χ4v) is 4.28. The van der Waals surface area contributed by atoms with Gasteiger partial charge in [-0.05, 0) is 37.0 Å². The van der Waals surface area contributed by atoms with Crippen molar-refractivity contribution in [3.63, 3.8) is 0 Å². The Bertz CT molecular complexity index is 722. The summed E-state index contributed by atoms with van der Waals surface area (Å²) in [5, 5.41) is 2.36. The minimum atomic E-state index is -3.57. The number of sulfonamides is 1. The largest absolute Gasteiger partial charge is 0.263 e. The normalized spacial score (nSPS) is 15.1. The van der Waals surface area contributed by atoms with Crippen molar-refractivity contribution in [1.29, 1.82) is 0 Å². The summed E-state index contributed by atoms with van der Waals surface area (Å²) in [7, 11) is -3.57. The van der Waals surface area contributed by atoms with E-state index in [4.69, 9.17) is 11.6 Å². The van der Waals surface area contributed by atoms with Gasteiger partial charge >= 0.3 is 0 Å². The van der Waals surface area contributed by atoms with E-state index in [-0.39, 0.29) is 4.90 Å². The van der Waals surface area contributed by atoms with Crippen molar-refractivity contribution < 1.29 is 8.42 Å². The van der Waals surface area contributed by atoms with Crippen LogP contribution in [0.15, 0.2) is 34.5 Å². The summed E-state index contributed by atoms with van der Waals surface area (Å²) in [6.45, 7) is 0. The first-order chi connectivity index (χ1) is 10.1. The number of hydrogen-bond donors (Lipinski definition) is 1. The lowest BCUT2D eigenvalue weighted by Crippen LogP contribution is -2.12. The Balaban J connectivity index is 1.75. The van der Waals surface area contributed by atoms with Gasteiger partial charge in [-0.3, -0.25) is 4.72 Å². The Labute approximate surface area is 133 Å². The molecule has 1 aliphatic rings. The minimum Gasteiger partial charge on any atom is -0.255 e. The maximum atomic E-state index is 12.3. The van der Waals surface area contributed by atoms with Gasteiger partial charge in [0.2, 0.25) is 0 Å². The van der Waals surface area contributed by atoms with Crippen molar-refractivity contribution in [2.75, 3.05) is 10.6 Å². The second kappa shape index (κ2) is 5.94. The van der Waals surface area contributed by atoms with Crippen LogP contribution in [0.5, 0.6) is 0 Å². The monoisotopic (exact) mass is 342 g/mol. The summed E-state index contributed by atoms with van der Waals surface area (Å²) >= 11 is 7.00. The number of aromatic nitrogens is 1. The van der Waals surface area contributed by atoms with E-state index in [1.165, 1.54) is 11.3 Å². The van der Waals surface area contributed by atoms with Crippen LogP contribution in [-0.2, 0) is 16.4 Å². The number of aryl methyl sites for hydroxylation is 1. The van der Waals surface area contributed by atoms with E-state index in [0.717, 1.165) is 30.5 Å². The van der Waals surface area contributed by atoms with E-state index in [1.807, 2.05) is 5.38 Å². The highest BCUT2D eigenvalue weighted by molar-refractivity contribution is 7.93. The zero-order valence-corrected chi connectivity index (χ0v) is 13.6. The molecule has 4 nitrogen and oxygen atoms in total. The summed E-state index contributed by atoms with van der Waals surface area (Å²) in [5.74, 6) is 1.04. The quantitative estimate of drug-likeness (QED) is 0.816. The molecule has 1 N–H and O–H groups in total. The maximum Gasteiger partial charge on any atom is 0.263 e. The van der Waals surface area contributed by atoms with Gasteiger partial charge in [0.15, 0.2) is 5.13 Å². The van der Waals surface area contributed by atoms with Gasteiger partial charge < -0.3 is 0 Å². The van der Waals surface area contributed by atoms with Crippen molar-refractivity contribution in [2.45, 2.75) is 30.1 Å². The number of nitrogens with zero attached hydrogens (tertiary/aromatic N) is 1. The highest BCUT2D eigenvalue weighted by Gasteiger charge is 2.26. The Hall–Kier alpha value is -1.11. The molecule has 0 aliphatic heterocycles. The van der Waals surface area contributed by atoms with Crippen molar-refractivity contribution in [3.8, 4) is 0 Å². The first-order valence-corrected chi connectivity index (χ1v) is 9.61. The predicted octanol–water partition coefficient (Wildman–Crippen LogP) is 3.60. The SMILES string of the molecule is O=S(=O)(Nc1nc(C2CC2)cs1)c1ccc(CCCl)cc1. The predicted molar refractivity (Wildman–Crippen MR) is 85.8 cm³/mol. The van der Waals surface area contributed by atoms with Gasteiger partial charge in [0.1, 0.15) is 0 Å². The first-order valence-electron chi connectivity index (χ1n) is 6.71. The molecule has 2 aromatic rings.